The van der Waals surface area contributed by atoms with Crippen molar-refractivity contribution in [1.29, 1.82) is 0 Å². The van der Waals surface area contributed by atoms with Gasteiger partial charge in [0.1, 0.15) is 5.82 Å². The van der Waals surface area contributed by atoms with E-state index in [0.717, 1.165) is 63.7 Å². The topological polar surface area (TPSA) is 36.3 Å². The molecule has 2 atom stereocenters. The Morgan fingerprint density at radius 1 is 0.975 bits per heavy atom. The number of hydrogen-bond acceptors (Lipinski definition) is 3. The average Bonchev–Trinajstić information content (AvgIpc) is 3.45. The van der Waals surface area contributed by atoms with Gasteiger partial charge in [0, 0.05) is 42.0 Å². The summed E-state index contributed by atoms with van der Waals surface area (Å²) in [6.45, 7) is 8.53. The predicted molar refractivity (Wildman–Crippen MR) is 165 cm³/mol. The van der Waals surface area contributed by atoms with Crippen molar-refractivity contribution >= 4 is 40.3 Å². The number of thiocarbonyl (C=S) groups is 1. The highest BCUT2D eigenvalue weighted by molar-refractivity contribution is 7.80. The van der Waals surface area contributed by atoms with E-state index in [1.54, 1.807) is 0 Å². The third-order valence-corrected chi connectivity index (χ3v) is 8.92. The third kappa shape index (κ3) is 4.86. The van der Waals surface area contributed by atoms with E-state index < -0.39 is 0 Å². The van der Waals surface area contributed by atoms with Crippen molar-refractivity contribution in [2.75, 3.05) is 22.9 Å². The molecule has 0 radical (unpaired) electrons. The van der Waals surface area contributed by atoms with Crippen LogP contribution in [0.3, 0.4) is 0 Å². The minimum Gasteiger partial charge on any atom is -0.370 e. The fourth-order valence-electron chi connectivity index (χ4n) is 6.18. The SMILES string of the molecule is Cc1cc(C2C(c3ccccn3)NC(=S)N2c2ccc(N3CCC(C)CC3)c(Cl)c2)c(C)n1-c1ccc(F)cc1. The third-order valence-electron chi connectivity index (χ3n) is 8.31. The van der Waals surface area contributed by atoms with Crippen LogP contribution >= 0.6 is 23.8 Å². The van der Waals surface area contributed by atoms with Crippen molar-refractivity contribution < 1.29 is 4.39 Å². The minimum absolute atomic E-state index is 0.166. The van der Waals surface area contributed by atoms with Gasteiger partial charge in [-0.3, -0.25) is 4.98 Å². The molecular weight excluding hydrogens is 541 g/mol. The van der Waals surface area contributed by atoms with E-state index in [1.807, 2.05) is 42.6 Å². The van der Waals surface area contributed by atoms with Gasteiger partial charge in [0.05, 0.1) is 28.5 Å². The Morgan fingerprint density at radius 2 is 1.70 bits per heavy atom. The first-order valence-corrected chi connectivity index (χ1v) is 14.6. The van der Waals surface area contributed by atoms with E-state index in [-0.39, 0.29) is 17.9 Å². The monoisotopic (exact) mass is 573 g/mol. The molecule has 4 aromatic rings. The molecule has 0 aliphatic carbocycles. The van der Waals surface area contributed by atoms with Crippen LogP contribution in [0.5, 0.6) is 0 Å². The van der Waals surface area contributed by atoms with Gasteiger partial charge < -0.3 is 19.7 Å². The maximum absolute atomic E-state index is 13.7. The fourth-order valence-corrected chi connectivity index (χ4v) is 6.82. The molecule has 2 unspecified atom stereocenters. The molecule has 1 N–H and O–H groups in total. The molecule has 0 saturated carbocycles. The molecule has 0 amide bonds. The maximum atomic E-state index is 13.7. The predicted octanol–water partition coefficient (Wildman–Crippen LogP) is 7.70. The molecule has 0 spiro atoms. The molecule has 40 heavy (non-hydrogen) atoms. The van der Waals surface area contributed by atoms with Gasteiger partial charge in [0.15, 0.2) is 5.11 Å². The van der Waals surface area contributed by atoms with Crippen LogP contribution in [0, 0.1) is 25.6 Å². The van der Waals surface area contributed by atoms with E-state index >= 15 is 0 Å². The summed E-state index contributed by atoms with van der Waals surface area (Å²) in [5.41, 5.74) is 7.08. The summed E-state index contributed by atoms with van der Waals surface area (Å²) in [7, 11) is 0. The summed E-state index contributed by atoms with van der Waals surface area (Å²) in [5, 5.41) is 4.91. The van der Waals surface area contributed by atoms with Gasteiger partial charge >= 0.3 is 0 Å². The van der Waals surface area contributed by atoms with Crippen molar-refractivity contribution in [2.24, 2.45) is 5.92 Å². The van der Waals surface area contributed by atoms with Crippen LogP contribution in [0.25, 0.3) is 5.69 Å². The molecule has 8 heteroatoms. The van der Waals surface area contributed by atoms with Crippen molar-refractivity contribution in [3.8, 4) is 5.69 Å². The number of aryl methyl sites for hydroxylation is 1. The summed E-state index contributed by atoms with van der Waals surface area (Å²) in [5.74, 6) is 0.498. The van der Waals surface area contributed by atoms with Crippen molar-refractivity contribution in [3.63, 3.8) is 0 Å². The lowest BCUT2D eigenvalue weighted by Crippen LogP contribution is -2.33. The Morgan fingerprint density at radius 3 is 2.38 bits per heavy atom. The van der Waals surface area contributed by atoms with Crippen LogP contribution < -0.4 is 15.1 Å². The smallest absolute Gasteiger partial charge is 0.174 e. The molecular formula is C32H33ClFN5S. The summed E-state index contributed by atoms with van der Waals surface area (Å²) in [6, 6.07) is 20.7. The quantitative estimate of drug-likeness (QED) is 0.248. The number of pyridine rings is 1. The van der Waals surface area contributed by atoms with Gasteiger partial charge in [0.2, 0.25) is 0 Å². The van der Waals surface area contributed by atoms with Gasteiger partial charge in [-0.05, 0) is 111 Å². The number of halogens is 2. The minimum atomic E-state index is -0.252. The van der Waals surface area contributed by atoms with Crippen molar-refractivity contribution in [1.82, 2.24) is 14.9 Å². The van der Waals surface area contributed by atoms with Crippen LogP contribution in [0.4, 0.5) is 15.8 Å². The van der Waals surface area contributed by atoms with Crippen LogP contribution in [0.1, 0.15) is 54.5 Å². The Kier molecular flexibility index (Phi) is 7.27. The molecule has 5 nitrogen and oxygen atoms in total. The van der Waals surface area contributed by atoms with E-state index in [1.165, 1.54) is 25.0 Å². The van der Waals surface area contributed by atoms with Gasteiger partial charge in [0.25, 0.3) is 0 Å². The Balaban J connectivity index is 1.43. The first kappa shape index (κ1) is 26.8. The number of nitrogens with one attached hydrogen (secondary N) is 1. The molecule has 2 aliphatic heterocycles. The standard InChI is InChI=1S/C32H33ClFN5S/c1-20-13-16-37(17-14-20)29-12-11-25(19-27(29)33)39-31(30(36-32(39)40)28-6-4-5-15-35-28)26-18-21(2)38(22(26)3)24-9-7-23(34)8-10-24/h4-12,15,18-20,30-31H,13-14,16-17H2,1-3H3,(H,36,40). The molecule has 2 saturated heterocycles. The van der Waals surface area contributed by atoms with Crippen molar-refractivity contribution in [3.05, 3.63) is 106 Å². The van der Waals surface area contributed by atoms with Crippen LogP contribution in [-0.4, -0.2) is 27.8 Å². The highest BCUT2D eigenvalue weighted by Gasteiger charge is 2.42. The Hall–Kier alpha value is -3.42. The Bertz CT molecular complexity index is 1530. The largest absolute Gasteiger partial charge is 0.370 e. The van der Waals surface area contributed by atoms with Gasteiger partial charge in [-0.25, -0.2) is 4.39 Å². The second-order valence-electron chi connectivity index (χ2n) is 10.9. The van der Waals surface area contributed by atoms with E-state index in [4.69, 9.17) is 28.8 Å². The lowest BCUT2D eigenvalue weighted by atomic mass is 9.96. The van der Waals surface area contributed by atoms with E-state index in [2.05, 4.69) is 58.7 Å². The summed E-state index contributed by atoms with van der Waals surface area (Å²) >= 11 is 12.9. The number of benzene rings is 2. The molecule has 0 bridgehead atoms. The number of piperidine rings is 1. The highest BCUT2D eigenvalue weighted by atomic mass is 35.5. The lowest BCUT2D eigenvalue weighted by Gasteiger charge is -2.33. The number of nitrogens with zero attached hydrogens (tertiary/aromatic N) is 4. The van der Waals surface area contributed by atoms with Gasteiger partial charge in [-0.2, -0.15) is 0 Å². The molecule has 2 aliphatic rings. The highest BCUT2D eigenvalue weighted by Crippen LogP contribution is 2.45. The van der Waals surface area contributed by atoms with Crippen LogP contribution in [0.15, 0.2) is 72.9 Å². The number of anilines is 2. The molecule has 4 heterocycles. The molecule has 6 rings (SSSR count). The van der Waals surface area contributed by atoms with Gasteiger partial charge in [-0.15, -0.1) is 0 Å². The normalized spacial score (nSPS) is 19.8. The second-order valence-corrected chi connectivity index (χ2v) is 11.7. The molecule has 2 aromatic carbocycles. The summed E-state index contributed by atoms with van der Waals surface area (Å²) < 4.78 is 15.9. The first-order chi connectivity index (χ1) is 19.3. The average molecular weight is 574 g/mol. The zero-order chi connectivity index (χ0) is 28.0. The van der Waals surface area contributed by atoms with Crippen LogP contribution in [0.2, 0.25) is 5.02 Å². The number of rotatable bonds is 5. The van der Waals surface area contributed by atoms with Gasteiger partial charge in [-0.1, -0.05) is 24.6 Å². The zero-order valence-corrected chi connectivity index (χ0v) is 24.5. The number of aromatic nitrogens is 2. The summed E-state index contributed by atoms with van der Waals surface area (Å²) in [6.07, 6.45) is 4.16. The molecule has 206 valence electrons. The fraction of sp³-hybridized carbons (Fsp3) is 0.312. The van der Waals surface area contributed by atoms with Crippen LogP contribution in [-0.2, 0) is 0 Å². The van der Waals surface area contributed by atoms with E-state index in [0.29, 0.717) is 5.11 Å². The first-order valence-electron chi connectivity index (χ1n) is 13.8. The summed E-state index contributed by atoms with van der Waals surface area (Å²) in [4.78, 5) is 9.25. The Labute approximate surface area is 245 Å². The number of hydrogen-bond donors (Lipinski definition) is 1. The molecule has 2 fully saturated rings. The second kappa shape index (κ2) is 10.9. The lowest BCUT2D eigenvalue weighted by molar-refractivity contribution is 0.438. The molecule has 2 aromatic heterocycles. The van der Waals surface area contributed by atoms with Crippen molar-refractivity contribution in [2.45, 2.75) is 45.7 Å². The maximum Gasteiger partial charge on any atom is 0.174 e. The van der Waals surface area contributed by atoms with E-state index in [9.17, 15) is 4.39 Å². The zero-order valence-electron chi connectivity index (χ0n) is 22.9.